The molecule has 4 heteroatoms. The van der Waals surface area contributed by atoms with Crippen molar-refractivity contribution >= 4 is 27.5 Å². The summed E-state index contributed by atoms with van der Waals surface area (Å²) in [6.45, 7) is 1.18. The Morgan fingerprint density at radius 2 is 2.20 bits per heavy atom. The van der Waals surface area contributed by atoms with E-state index in [0.717, 1.165) is 15.9 Å². The first kappa shape index (κ1) is 13.0. The van der Waals surface area contributed by atoms with Gasteiger partial charge in [0.05, 0.1) is 19.3 Å². The molecule has 1 aromatic rings. The molecule has 0 aliphatic heterocycles. The van der Waals surface area contributed by atoms with Crippen LogP contribution >= 0.6 is 27.5 Å². The molecule has 0 aromatic heterocycles. The summed E-state index contributed by atoms with van der Waals surface area (Å²) in [5, 5.41) is 1.48. The largest absolute Gasteiger partial charge is 0.382 e. The third-order valence-electron chi connectivity index (χ3n) is 1.97. The molecule has 1 atom stereocenters. The van der Waals surface area contributed by atoms with E-state index in [0.29, 0.717) is 13.2 Å². The quantitative estimate of drug-likeness (QED) is 0.591. The lowest BCUT2D eigenvalue weighted by atomic mass is 10.1. The van der Waals surface area contributed by atoms with E-state index in [1.807, 2.05) is 24.3 Å². The second-order valence-corrected chi connectivity index (χ2v) is 4.15. The monoisotopic (exact) mass is 292 g/mol. The Morgan fingerprint density at radius 1 is 1.40 bits per heavy atom. The molecule has 0 bridgehead atoms. The van der Waals surface area contributed by atoms with Crippen LogP contribution in [0.2, 0.25) is 5.02 Å². The van der Waals surface area contributed by atoms with Crippen LogP contribution in [0, 0.1) is 0 Å². The van der Waals surface area contributed by atoms with Gasteiger partial charge < -0.3 is 9.47 Å². The van der Waals surface area contributed by atoms with Crippen molar-refractivity contribution in [2.75, 3.05) is 25.7 Å². The van der Waals surface area contributed by atoms with Gasteiger partial charge in [-0.3, -0.25) is 0 Å². The number of alkyl halides is 1. The Balaban J connectivity index is 2.57. The van der Waals surface area contributed by atoms with Gasteiger partial charge in [0.2, 0.25) is 0 Å². The van der Waals surface area contributed by atoms with Crippen LogP contribution in [-0.2, 0) is 9.47 Å². The Bertz CT molecular complexity index is 294. The van der Waals surface area contributed by atoms with Gasteiger partial charge in [-0.15, -0.1) is 0 Å². The van der Waals surface area contributed by atoms with Crippen LogP contribution in [-0.4, -0.2) is 25.7 Å². The van der Waals surface area contributed by atoms with Crippen LogP contribution in [0.15, 0.2) is 24.3 Å². The van der Waals surface area contributed by atoms with Crippen LogP contribution in [0.5, 0.6) is 0 Å². The Labute approximate surface area is 104 Å². The van der Waals surface area contributed by atoms with E-state index in [1.165, 1.54) is 0 Å². The van der Waals surface area contributed by atoms with Gasteiger partial charge >= 0.3 is 0 Å². The molecule has 1 aromatic carbocycles. The summed E-state index contributed by atoms with van der Waals surface area (Å²) in [6.07, 6.45) is 0.0267. The van der Waals surface area contributed by atoms with Crippen LogP contribution in [0.4, 0.5) is 0 Å². The van der Waals surface area contributed by atoms with Crippen molar-refractivity contribution in [3.8, 4) is 0 Å². The summed E-state index contributed by atoms with van der Waals surface area (Å²) in [6, 6.07) is 7.70. The highest BCUT2D eigenvalue weighted by Crippen LogP contribution is 2.22. The lowest BCUT2D eigenvalue weighted by Crippen LogP contribution is -2.10. The number of hydrogen-bond acceptors (Lipinski definition) is 2. The first-order valence-corrected chi connectivity index (χ1v) is 6.20. The van der Waals surface area contributed by atoms with Crippen molar-refractivity contribution in [1.82, 2.24) is 0 Å². The Morgan fingerprint density at radius 3 is 2.80 bits per heavy atom. The van der Waals surface area contributed by atoms with Gasteiger partial charge in [-0.05, 0) is 17.7 Å². The number of ether oxygens (including phenoxy) is 2. The molecule has 0 spiro atoms. The number of halogens is 2. The second kappa shape index (κ2) is 7.23. The van der Waals surface area contributed by atoms with Gasteiger partial charge in [-0.2, -0.15) is 0 Å². The zero-order valence-electron chi connectivity index (χ0n) is 8.58. The molecule has 0 amide bonds. The van der Waals surface area contributed by atoms with Crippen molar-refractivity contribution in [2.45, 2.75) is 6.10 Å². The number of methoxy groups -OCH3 is 1. The molecule has 1 rings (SSSR count). The minimum atomic E-state index is 0.0267. The highest BCUT2D eigenvalue weighted by Gasteiger charge is 2.10. The summed E-state index contributed by atoms with van der Waals surface area (Å²) in [5.41, 5.74) is 1.08. The van der Waals surface area contributed by atoms with E-state index in [1.54, 1.807) is 7.11 Å². The summed E-state index contributed by atoms with van der Waals surface area (Å²) in [4.78, 5) is 0. The normalized spacial score (nSPS) is 12.7. The lowest BCUT2D eigenvalue weighted by Gasteiger charge is -2.15. The maximum atomic E-state index is 5.91. The van der Waals surface area contributed by atoms with E-state index in [-0.39, 0.29) is 6.10 Å². The van der Waals surface area contributed by atoms with E-state index in [9.17, 15) is 0 Å². The fourth-order valence-corrected chi connectivity index (χ4v) is 1.97. The molecule has 0 saturated carbocycles. The van der Waals surface area contributed by atoms with E-state index in [4.69, 9.17) is 21.1 Å². The maximum Gasteiger partial charge on any atom is 0.0923 e. The predicted molar refractivity (Wildman–Crippen MR) is 65.8 cm³/mol. The Kier molecular flexibility index (Phi) is 6.25. The van der Waals surface area contributed by atoms with Crippen LogP contribution in [0.25, 0.3) is 0 Å². The van der Waals surface area contributed by atoms with Gasteiger partial charge in [0, 0.05) is 17.5 Å². The minimum Gasteiger partial charge on any atom is -0.382 e. The molecule has 0 aliphatic rings. The SMILES string of the molecule is COCCOC(CBr)c1cccc(Cl)c1. The van der Waals surface area contributed by atoms with Gasteiger partial charge in [-0.25, -0.2) is 0 Å². The molecule has 2 nitrogen and oxygen atoms in total. The molecule has 0 saturated heterocycles. The molecule has 84 valence electrons. The smallest absolute Gasteiger partial charge is 0.0923 e. The van der Waals surface area contributed by atoms with E-state index < -0.39 is 0 Å². The fourth-order valence-electron chi connectivity index (χ4n) is 1.21. The summed E-state index contributed by atoms with van der Waals surface area (Å²) in [5.74, 6) is 0. The van der Waals surface area contributed by atoms with Crippen molar-refractivity contribution in [3.05, 3.63) is 34.9 Å². The highest BCUT2D eigenvalue weighted by atomic mass is 79.9. The van der Waals surface area contributed by atoms with Crippen molar-refractivity contribution < 1.29 is 9.47 Å². The maximum absolute atomic E-state index is 5.91. The zero-order valence-corrected chi connectivity index (χ0v) is 10.9. The number of benzene rings is 1. The van der Waals surface area contributed by atoms with Gasteiger partial charge in [0.15, 0.2) is 0 Å². The first-order valence-electron chi connectivity index (χ1n) is 4.70. The van der Waals surface area contributed by atoms with E-state index >= 15 is 0 Å². The van der Waals surface area contributed by atoms with Crippen molar-refractivity contribution in [3.63, 3.8) is 0 Å². The average molecular weight is 294 g/mol. The zero-order chi connectivity index (χ0) is 11.1. The van der Waals surface area contributed by atoms with Gasteiger partial charge in [-0.1, -0.05) is 39.7 Å². The van der Waals surface area contributed by atoms with Gasteiger partial charge in [0.25, 0.3) is 0 Å². The van der Waals surface area contributed by atoms with Crippen LogP contribution < -0.4 is 0 Å². The third-order valence-corrected chi connectivity index (χ3v) is 2.79. The molecular formula is C11H14BrClO2. The molecule has 0 N–H and O–H groups in total. The predicted octanol–water partition coefficient (Wildman–Crippen LogP) is 3.44. The second-order valence-electron chi connectivity index (χ2n) is 3.06. The van der Waals surface area contributed by atoms with Crippen LogP contribution in [0.1, 0.15) is 11.7 Å². The first-order chi connectivity index (χ1) is 7.27. The molecular weight excluding hydrogens is 279 g/mol. The third kappa shape index (κ3) is 4.51. The molecule has 0 radical (unpaired) electrons. The lowest BCUT2D eigenvalue weighted by molar-refractivity contribution is 0.0284. The molecule has 1 unspecified atom stereocenters. The number of hydrogen-bond donors (Lipinski definition) is 0. The summed E-state index contributed by atoms with van der Waals surface area (Å²) >= 11 is 9.33. The van der Waals surface area contributed by atoms with Crippen molar-refractivity contribution in [1.29, 1.82) is 0 Å². The summed E-state index contributed by atoms with van der Waals surface area (Å²) < 4.78 is 10.6. The molecule has 15 heavy (non-hydrogen) atoms. The van der Waals surface area contributed by atoms with Crippen molar-refractivity contribution in [2.24, 2.45) is 0 Å². The van der Waals surface area contributed by atoms with Crippen LogP contribution in [0.3, 0.4) is 0 Å². The molecule has 0 heterocycles. The standard InChI is InChI=1S/C11H14BrClO2/c1-14-5-6-15-11(8-12)9-3-2-4-10(13)7-9/h2-4,7,11H,5-6,8H2,1H3. The van der Waals surface area contributed by atoms with Gasteiger partial charge in [0.1, 0.15) is 0 Å². The topological polar surface area (TPSA) is 18.5 Å². The number of rotatable bonds is 6. The molecule has 0 fully saturated rings. The summed E-state index contributed by atoms with van der Waals surface area (Å²) in [7, 11) is 1.66. The molecule has 0 aliphatic carbocycles. The average Bonchev–Trinajstić information content (AvgIpc) is 2.24. The minimum absolute atomic E-state index is 0.0267. The Hall–Kier alpha value is -0.0900. The fraction of sp³-hybridized carbons (Fsp3) is 0.455. The highest BCUT2D eigenvalue weighted by molar-refractivity contribution is 9.09. The van der Waals surface area contributed by atoms with E-state index in [2.05, 4.69) is 15.9 Å².